The number of rotatable bonds is 4. The standard InChI is InChI=1S/C20H23F3N2O/c1-26-18-8-3-6-16(14-18)19(25-11-4-9-24-10-12-25)15-5-2-7-17(13-15)20(21,22)23/h2-3,5-8,13-14,19,24H,4,9-12H2,1H3. The molecule has 1 aliphatic heterocycles. The zero-order valence-corrected chi connectivity index (χ0v) is 14.7. The molecule has 0 aliphatic carbocycles. The number of benzene rings is 2. The van der Waals surface area contributed by atoms with Gasteiger partial charge in [-0.25, -0.2) is 0 Å². The Hall–Kier alpha value is -2.05. The highest BCUT2D eigenvalue weighted by molar-refractivity contribution is 5.38. The van der Waals surface area contributed by atoms with Crippen LogP contribution in [-0.2, 0) is 6.18 Å². The minimum Gasteiger partial charge on any atom is -0.497 e. The Balaban J connectivity index is 2.05. The van der Waals surface area contributed by atoms with Crippen LogP contribution in [0.1, 0.15) is 29.2 Å². The third kappa shape index (κ3) is 4.37. The summed E-state index contributed by atoms with van der Waals surface area (Å²) >= 11 is 0. The van der Waals surface area contributed by atoms with Gasteiger partial charge in [-0.2, -0.15) is 13.2 Å². The summed E-state index contributed by atoms with van der Waals surface area (Å²) in [5, 5.41) is 3.35. The van der Waals surface area contributed by atoms with E-state index in [1.807, 2.05) is 24.3 Å². The number of hydrogen-bond acceptors (Lipinski definition) is 3. The quantitative estimate of drug-likeness (QED) is 0.884. The maximum atomic E-state index is 13.2. The fourth-order valence-corrected chi connectivity index (χ4v) is 3.44. The average molecular weight is 364 g/mol. The number of hydrogen-bond donors (Lipinski definition) is 1. The molecule has 26 heavy (non-hydrogen) atoms. The molecule has 1 N–H and O–H groups in total. The highest BCUT2D eigenvalue weighted by Crippen LogP contribution is 2.35. The molecule has 3 rings (SSSR count). The van der Waals surface area contributed by atoms with E-state index in [9.17, 15) is 13.2 Å². The van der Waals surface area contributed by atoms with Gasteiger partial charge in [0.25, 0.3) is 0 Å². The van der Waals surface area contributed by atoms with E-state index in [1.165, 1.54) is 12.1 Å². The van der Waals surface area contributed by atoms with E-state index in [2.05, 4.69) is 10.2 Å². The fourth-order valence-electron chi connectivity index (χ4n) is 3.44. The molecule has 0 bridgehead atoms. The second kappa shape index (κ2) is 8.10. The number of methoxy groups -OCH3 is 1. The summed E-state index contributed by atoms with van der Waals surface area (Å²) in [5.41, 5.74) is 0.969. The van der Waals surface area contributed by atoms with Gasteiger partial charge in [-0.3, -0.25) is 4.90 Å². The molecule has 1 aliphatic rings. The molecule has 2 aromatic rings. The van der Waals surface area contributed by atoms with Crippen molar-refractivity contribution < 1.29 is 17.9 Å². The van der Waals surface area contributed by atoms with Crippen molar-refractivity contribution >= 4 is 0 Å². The monoisotopic (exact) mass is 364 g/mol. The van der Waals surface area contributed by atoms with E-state index in [4.69, 9.17) is 4.74 Å². The SMILES string of the molecule is COc1cccc(C(c2cccc(C(F)(F)F)c2)N2CCCNCC2)c1. The van der Waals surface area contributed by atoms with E-state index in [0.717, 1.165) is 44.2 Å². The number of alkyl halides is 3. The Morgan fingerprint density at radius 1 is 1.00 bits per heavy atom. The molecule has 0 radical (unpaired) electrons. The van der Waals surface area contributed by atoms with Crippen LogP contribution in [0.5, 0.6) is 5.75 Å². The maximum Gasteiger partial charge on any atom is 0.416 e. The number of nitrogens with one attached hydrogen (secondary N) is 1. The Bertz CT molecular complexity index is 725. The van der Waals surface area contributed by atoms with E-state index < -0.39 is 11.7 Å². The number of nitrogens with zero attached hydrogens (tertiary/aromatic N) is 1. The van der Waals surface area contributed by atoms with Crippen molar-refractivity contribution in [3.63, 3.8) is 0 Å². The molecule has 140 valence electrons. The highest BCUT2D eigenvalue weighted by Gasteiger charge is 2.32. The first kappa shape index (κ1) is 18.7. The van der Waals surface area contributed by atoms with Gasteiger partial charge in [0.15, 0.2) is 0 Å². The summed E-state index contributed by atoms with van der Waals surface area (Å²) < 4.78 is 45.0. The molecule has 1 atom stereocenters. The van der Waals surface area contributed by atoms with Crippen molar-refractivity contribution in [2.24, 2.45) is 0 Å². The van der Waals surface area contributed by atoms with Gasteiger partial charge < -0.3 is 10.1 Å². The van der Waals surface area contributed by atoms with Crippen LogP contribution in [0.2, 0.25) is 0 Å². The van der Waals surface area contributed by atoms with Crippen molar-refractivity contribution in [2.75, 3.05) is 33.3 Å². The van der Waals surface area contributed by atoms with E-state index in [1.54, 1.807) is 13.2 Å². The van der Waals surface area contributed by atoms with Gasteiger partial charge in [-0.15, -0.1) is 0 Å². The summed E-state index contributed by atoms with van der Waals surface area (Å²) in [7, 11) is 1.59. The molecule has 6 heteroatoms. The van der Waals surface area contributed by atoms with Crippen LogP contribution in [0.4, 0.5) is 13.2 Å². The summed E-state index contributed by atoms with van der Waals surface area (Å²) in [6.07, 6.45) is -3.39. The molecular weight excluding hydrogens is 341 g/mol. The minimum atomic E-state index is -4.35. The topological polar surface area (TPSA) is 24.5 Å². The Morgan fingerprint density at radius 2 is 1.73 bits per heavy atom. The number of ether oxygens (including phenoxy) is 1. The Morgan fingerprint density at radius 3 is 2.46 bits per heavy atom. The van der Waals surface area contributed by atoms with Crippen LogP contribution in [0.3, 0.4) is 0 Å². The van der Waals surface area contributed by atoms with Crippen LogP contribution < -0.4 is 10.1 Å². The molecule has 3 nitrogen and oxygen atoms in total. The molecule has 0 amide bonds. The lowest BCUT2D eigenvalue weighted by Crippen LogP contribution is -2.33. The second-order valence-electron chi connectivity index (χ2n) is 6.44. The van der Waals surface area contributed by atoms with Crippen LogP contribution in [-0.4, -0.2) is 38.2 Å². The zero-order valence-electron chi connectivity index (χ0n) is 14.7. The molecule has 1 unspecified atom stereocenters. The summed E-state index contributed by atoms with van der Waals surface area (Å²) in [4.78, 5) is 2.24. The average Bonchev–Trinajstić information content (AvgIpc) is 2.91. The first-order chi connectivity index (χ1) is 12.5. The van der Waals surface area contributed by atoms with Crippen LogP contribution in [0.15, 0.2) is 48.5 Å². The summed E-state index contributed by atoms with van der Waals surface area (Å²) in [6.45, 7) is 3.34. The summed E-state index contributed by atoms with van der Waals surface area (Å²) in [5.74, 6) is 0.701. The molecule has 1 saturated heterocycles. The Kier molecular flexibility index (Phi) is 5.84. The van der Waals surface area contributed by atoms with Crippen molar-refractivity contribution in [3.8, 4) is 5.75 Å². The lowest BCUT2D eigenvalue weighted by atomic mass is 9.95. The van der Waals surface area contributed by atoms with Crippen LogP contribution >= 0.6 is 0 Å². The zero-order chi connectivity index (χ0) is 18.6. The first-order valence-corrected chi connectivity index (χ1v) is 8.75. The smallest absolute Gasteiger partial charge is 0.416 e. The third-order valence-corrected chi connectivity index (χ3v) is 4.68. The predicted molar refractivity (Wildman–Crippen MR) is 95.3 cm³/mol. The van der Waals surface area contributed by atoms with Crippen LogP contribution in [0.25, 0.3) is 0 Å². The maximum absolute atomic E-state index is 13.2. The molecule has 0 spiro atoms. The number of halogens is 3. The molecule has 2 aromatic carbocycles. The largest absolute Gasteiger partial charge is 0.497 e. The normalized spacial score (nSPS) is 17.5. The summed E-state index contributed by atoms with van der Waals surface area (Å²) in [6, 6.07) is 13.0. The third-order valence-electron chi connectivity index (χ3n) is 4.68. The molecule has 0 aromatic heterocycles. The lowest BCUT2D eigenvalue weighted by Gasteiger charge is -2.32. The first-order valence-electron chi connectivity index (χ1n) is 8.75. The molecule has 1 heterocycles. The molecule has 0 saturated carbocycles. The van der Waals surface area contributed by atoms with Crippen molar-refractivity contribution in [3.05, 3.63) is 65.2 Å². The Labute approximate surface area is 151 Å². The van der Waals surface area contributed by atoms with Crippen molar-refractivity contribution in [1.29, 1.82) is 0 Å². The van der Waals surface area contributed by atoms with Crippen molar-refractivity contribution in [1.82, 2.24) is 10.2 Å². The van der Waals surface area contributed by atoms with Crippen molar-refractivity contribution in [2.45, 2.75) is 18.6 Å². The van der Waals surface area contributed by atoms with Gasteiger partial charge in [-0.1, -0.05) is 24.3 Å². The van der Waals surface area contributed by atoms with E-state index >= 15 is 0 Å². The van der Waals surface area contributed by atoms with Gasteiger partial charge in [0.05, 0.1) is 18.7 Å². The van der Waals surface area contributed by atoms with Gasteiger partial charge >= 0.3 is 6.18 Å². The van der Waals surface area contributed by atoms with Crippen LogP contribution in [0, 0.1) is 0 Å². The molecule has 1 fully saturated rings. The van der Waals surface area contributed by atoms with E-state index in [0.29, 0.717) is 11.3 Å². The van der Waals surface area contributed by atoms with Gasteiger partial charge in [0.1, 0.15) is 5.75 Å². The predicted octanol–water partition coefficient (Wildman–Crippen LogP) is 4.10. The van der Waals surface area contributed by atoms with Gasteiger partial charge in [0, 0.05) is 19.6 Å². The second-order valence-corrected chi connectivity index (χ2v) is 6.44. The highest BCUT2D eigenvalue weighted by atomic mass is 19.4. The minimum absolute atomic E-state index is 0.243. The fraction of sp³-hybridized carbons (Fsp3) is 0.400. The van der Waals surface area contributed by atoms with E-state index in [-0.39, 0.29) is 6.04 Å². The lowest BCUT2D eigenvalue weighted by molar-refractivity contribution is -0.137. The van der Waals surface area contributed by atoms with Gasteiger partial charge in [-0.05, 0) is 48.4 Å². The van der Waals surface area contributed by atoms with Gasteiger partial charge in [0.2, 0.25) is 0 Å². The molecular formula is C20H23F3N2O.